The van der Waals surface area contributed by atoms with E-state index in [1.54, 1.807) is 13.2 Å². The highest BCUT2D eigenvalue weighted by Gasteiger charge is 2.27. The van der Waals surface area contributed by atoms with Crippen molar-refractivity contribution in [3.8, 4) is 0 Å². The second-order valence-corrected chi connectivity index (χ2v) is 7.42. The molecule has 4 heterocycles. The third-order valence-electron chi connectivity index (χ3n) is 5.31. The molecular weight excluding hydrogens is 392 g/mol. The van der Waals surface area contributed by atoms with Gasteiger partial charge in [-0.05, 0) is 37.6 Å². The molecule has 0 atom stereocenters. The van der Waals surface area contributed by atoms with Crippen molar-refractivity contribution < 1.29 is 14.1 Å². The van der Waals surface area contributed by atoms with E-state index in [0.29, 0.717) is 28.4 Å². The van der Waals surface area contributed by atoms with Gasteiger partial charge in [0.1, 0.15) is 17.7 Å². The molecule has 0 saturated carbocycles. The maximum Gasteiger partial charge on any atom is 0.217 e. The number of nitrogens with zero attached hydrogens (tertiary/aromatic N) is 2. The Balaban J connectivity index is 1.67. The van der Waals surface area contributed by atoms with Crippen LogP contribution in [0.4, 0.5) is 0 Å². The van der Waals surface area contributed by atoms with E-state index >= 15 is 0 Å². The predicted molar refractivity (Wildman–Crippen MR) is 118 cm³/mol. The van der Waals surface area contributed by atoms with Crippen molar-refractivity contribution in [2.45, 2.75) is 13.8 Å². The van der Waals surface area contributed by atoms with Crippen LogP contribution in [0.25, 0.3) is 17.0 Å². The summed E-state index contributed by atoms with van der Waals surface area (Å²) in [5.41, 5.74) is 6.67. The summed E-state index contributed by atoms with van der Waals surface area (Å²) in [7, 11) is 1.61. The molecule has 0 radical (unpaired) electrons. The van der Waals surface area contributed by atoms with Crippen molar-refractivity contribution in [3.63, 3.8) is 0 Å². The second-order valence-electron chi connectivity index (χ2n) is 7.42. The van der Waals surface area contributed by atoms with Crippen LogP contribution in [0.3, 0.4) is 0 Å². The van der Waals surface area contributed by atoms with Gasteiger partial charge in [0.05, 0.1) is 24.1 Å². The zero-order chi connectivity index (χ0) is 21.5. The average molecular weight is 412 g/mol. The van der Waals surface area contributed by atoms with Gasteiger partial charge in [-0.15, -0.1) is 0 Å². The number of aromatic amines is 2. The number of ether oxygens (including phenoxy) is 1. The van der Waals surface area contributed by atoms with Gasteiger partial charge in [0, 0.05) is 34.4 Å². The fraction of sp³-hybridized carbons (Fsp3) is 0.125. The third kappa shape index (κ3) is 3.20. The van der Waals surface area contributed by atoms with E-state index in [4.69, 9.17) is 14.3 Å². The minimum Gasteiger partial charge on any atom is -0.494 e. The van der Waals surface area contributed by atoms with Gasteiger partial charge in [-0.25, -0.2) is 4.99 Å². The number of fused-ring (bicyclic) bond motifs is 1. The van der Waals surface area contributed by atoms with Crippen molar-refractivity contribution in [1.82, 2.24) is 15.1 Å². The number of rotatable bonds is 5. The molecule has 1 aromatic carbocycles. The molecule has 0 aliphatic carbocycles. The molecule has 0 fully saturated rings. The summed E-state index contributed by atoms with van der Waals surface area (Å²) in [6.07, 6.45) is 5.17. The van der Waals surface area contributed by atoms with E-state index in [-0.39, 0.29) is 11.5 Å². The molecule has 0 spiro atoms. The van der Waals surface area contributed by atoms with E-state index in [0.717, 1.165) is 27.9 Å². The number of hydrogen-bond acceptors (Lipinski definition) is 5. The molecule has 4 aromatic rings. The Kier molecular flexibility index (Phi) is 4.43. The Morgan fingerprint density at radius 1 is 1.16 bits per heavy atom. The smallest absolute Gasteiger partial charge is 0.217 e. The molecule has 0 unspecified atom stereocenters. The van der Waals surface area contributed by atoms with Crippen LogP contribution in [0.5, 0.6) is 0 Å². The van der Waals surface area contributed by atoms with Crippen molar-refractivity contribution in [2.75, 3.05) is 7.11 Å². The average Bonchev–Trinajstić information content (AvgIpc) is 3.53. The number of H-pyrrole nitrogens is 2. The first-order chi connectivity index (χ1) is 15.0. The lowest BCUT2D eigenvalue weighted by molar-refractivity contribution is 0.103. The Labute approximate surface area is 178 Å². The molecule has 0 bridgehead atoms. The van der Waals surface area contributed by atoms with E-state index in [9.17, 15) is 4.79 Å². The van der Waals surface area contributed by atoms with Crippen molar-refractivity contribution in [3.05, 3.63) is 94.1 Å². The molecule has 154 valence electrons. The van der Waals surface area contributed by atoms with Gasteiger partial charge in [-0.3, -0.25) is 4.79 Å². The molecule has 1 aliphatic heterocycles. The maximum absolute atomic E-state index is 13.3. The summed E-state index contributed by atoms with van der Waals surface area (Å²) in [5, 5.41) is 4.63. The maximum atomic E-state index is 13.3. The first-order valence-electron chi connectivity index (χ1n) is 9.84. The lowest BCUT2D eigenvalue weighted by Crippen LogP contribution is -2.08. The highest BCUT2D eigenvalue weighted by molar-refractivity contribution is 6.25. The number of carbonyl (C=O) groups excluding carboxylic acids is 1. The van der Waals surface area contributed by atoms with Gasteiger partial charge in [0.2, 0.25) is 5.78 Å². The summed E-state index contributed by atoms with van der Waals surface area (Å²) in [6.45, 7) is 4.05. The standard InChI is InChI=1S/C24H20N4O3/c1-13-10-14(2)25-18(13)11-19-21(30-3)12-20(26-19)23-22(24(29)17-8-9-31-28-17)15-6-4-5-7-16(15)27-23/h4-12,25,27H,1-3H3/b19-11-. The summed E-state index contributed by atoms with van der Waals surface area (Å²) in [5.74, 6) is 0.393. The Hall–Kier alpha value is -4.13. The molecule has 1 aliphatic rings. The lowest BCUT2D eigenvalue weighted by Gasteiger charge is -2.01. The van der Waals surface area contributed by atoms with Crippen LogP contribution < -0.4 is 0 Å². The summed E-state index contributed by atoms with van der Waals surface area (Å²) < 4.78 is 10.5. The minimum absolute atomic E-state index is 0.232. The quantitative estimate of drug-likeness (QED) is 0.464. The SMILES string of the molecule is COC1=CC(c2[nH]c3ccccc3c2C(=O)c2ccon2)=N/C1=C\c1[nH]c(C)cc1C. The van der Waals surface area contributed by atoms with Gasteiger partial charge in [0.25, 0.3) is 0 Å². The first kappa shape index (κ1) is 18.9. The Morgan fingerprint density at radius 3 is 2.71 bits per heavy atom. The Bertz CT molecular complexity index is 1400. The van der Waals surface area contributed by atoms with Crippen LogP contribution in [-0.4, -0.2) is 33.7 Å². The zero-order valence-corrected chi connectivity index (χ0v) is 17.3. The molecule has 3 aromatic heterocycles. The molecule has 2 N–H and O–H groups in total. The van der Waals surface area contributed by atoms with E-state index < -0.39 is 0 Å². The number of aromatic nitrogens is 3. The zero-order valence-electron chi connectivity index (χ0n) is 17.3. The van der Waals surface area contributed by atoms with Crippen LogP contribution >= 0.6 is 0 Å². The van der Waals surface area contributed by atoms with Crippen molar-refractivity contribution in [2.24, 2.45) is 4.99 Å². The summed E-state index contributed by atoms with van der Waals surface area (Å²) in [6, 6.07) is 11.3. The molecular formula is C24H20N4O3. The van der Waals surface area contributed by atoms with Gasteiger partial charge in [-0.2, -0.15) is 0 Å². The molecule has 0 amide bonds. The van der Waals surface area contributed by atoms with Crippen LogP contribution in [0, 0.1) is 13.8 Å². The minimum atomic E-state index is -0.232. The third-order valence-corrected chi connectivity index (χ3v) is 5.31. The number of aryl methyl sites for hydroxylation is 2. The number of para-hydroxylation sites is 1. The molecule has 7 heteroatoms. The summed E-state index contributed by atoms with van der Waals surface area (Å²) in [4.78, 5) is 24.7. The summed E-state index contributed by atoms with van der Waals surface area (Å²) >= 11 is 0. The number of nitrogens with one attached hydrogen (secondary N) is 2. The highest BCUT2D eigenvalue weighted by atomic mass is 16.5. The molecule has 7 nitrogen and oxygen atoms in total. The van der Waals surface area contributed by atoms with Crippen LogP contribution in [-0.2, 0) is 4.74 Å². The number of methoxy groups -OCH3 is 1. The predicted octanol–water partition coefficient (Wildman–Crippen LogP) is 4.71. The fourth-order valence-corrected chi connectivity index (χ4v) is 3.87. The van der Waals surface area contributed by atoms with Crippen molar-refractivity contribution in [1.29, 1.82) is 0 Å². The second kappa shape index (κ2) is 7.28. The molecule has 0 saturated heterocycles. The molecule has 31 heavy (non-hydrogen) atoms. The van der Waals surface area contributed by atoms with Crippen LogP contribution in [0.1, 0.15) is 38.7 Å². The van der Waals surface area contributed by atoms with Crippen LogP contribution in [0.15, 0.2) is 69.7 Å². The van der Waals surface area contributed by atoms with Crippen molar-refractivity contribution >= 4 is 28.5 Å². The topological polar surface area (TPSA) is 96.3 Å². The number of ketones is 1. The normalized spacial score (nSPS) is 14.9. The number of aliphatic imine (C=N–C) groups is 1. The van der Waals surface area contributed by atoms with Crippen LogP contribution in [0.2, 0.25) is 0 Å². The number of carbonyl (C=O) groups is 1. The number of allylic oxidation sites excluding steroid dienone is 1. The largest absolute Gasteiger partial charge is 0.494 e. The van der Waals surface area contributed by atoms with Gasteiger partial charge < -0.3 is 19.2 Å². The molecule has 5 rings (SSSR count). The first-order valence-corrected chi connectivity index (χ1v) is 9.84. The Morgan fingerprint density at radius 2 is 2.00 bits per heavy atom. The van der Waals surface area contributed by atoms with Gasteiger partial charge >= 0.3 is 0 Å². The van der Waals surface area contributed by atoms with E-state index in [2.05, 4.69) is 21.2 Å². The van der Waals surface area contributed by atoms with Gasteiger partial charge in [0.15, 0.2) is 5.69 Å². The highest BCUT2D eigenvalue weighted by Crippen LogP contribution is 2.31. The van der Waals surface area contributed by atoms with E-state index in [1.807, 2.05) is 50.3 Å². The monoisotopic (exact) mass is 412 g/mol. The fourth-order valence-electron chi connectivity index (χ4n) is 3.87. The van der Waals surface area contributed by atoms with Gasteiger partial charge in [-0.1, -0.05) is 23.4 Å². The lowest BCUT2D eigenvalue weighted by atomic mass is 10.0. The number of hydrogen-bond donors (Lipinski definition) is 2. The number of benzene rings is 1. The van der Waals surface area contributed by atoms with E-state index in [1.165, 1.54) is 6.26 Å².